The van der Waals surface area contributed by atoms with E-state index in [0.717, 1.165) is 0 Å². The monoisotopic (exact) mass is 247 g/mol. The first-order valence-electron chi connectivity index (χ1n) is 5.07. The Morgan fingerprint density at radius 1 is 1.50 bits per heavy atom. The van der Waals surface area contributed by atoms with Gasteiger partial charge in [0, 0.05) is 23.9 Å². The Hall–Kier alpha value is -0.840. The summed E-state index contributed by atoms with van der Waals surface area (Å²) in [6.45, 7) is 2.96. The van der Waals surface area contributed by atoms with Crippen molar-refractivity contribution in [1.82, 2.24) is 0 Å². The summed E-state index contributed by atoms with van der Waals surface area (Å²) >= 11 is 5.68. The highest BCUT2D eigenvalue weighted by atomic mass is 35.5. The summed E-state index contributed by atoms with van der Waals surface area (Å²) in [6, 6.07) is 4.14. The summed E-state index contributed by atoms with van der Waals surface area (Å²) in [5.41, 5.74) is 0.542. The molecular weight excluding hydrogens is 233 g/mol. The maximum atomic E-state index is 12.9. The molecule has 5 heteroatoms. The quantitative estimate of drug-likeness (QED) is 0.811. The zero-order chi connectivity index (χ0) is 12.0. The summed E-state index contributed by atoms with van der Waals surface area (Å²) in [5.74, 6) is -0.408. The van der Waals surface area contributed by atoms with Gasteiger partial charge in [0.1, 0.15) is 5.82 Å². The maximum absolute atomic E-state index is 12.9. The molecule has 0 saturated heterocycles. The van der Waals surface area contributed by atoms with Gasteiger partial charge in [0.2, 0.25) is 0 Å². The number of benzene rings is 1. The van der Waals surface area contributed by atoms with Crippen LogP contribution in [-0.2, 0) is 4.74 Å². The molecule has 0 aromatic heterocycles. The highest BCUT2D eigenvalue weighted by molar-refractivity contribution is 6.30. The summed E-state index contributed by atoms with van der Waals surface area (Å²) in [4.78, 5) is 0. The lowest BCUT2D eigenvalue weighted by Crippen LogP contribution is -2.24. The van der Waals surface area contributed by atoms with E-state index in [9.17, 15) is 9.50 Å². The van der Waals surface area contributed by atoms with E-state index in [4.69, 9.17) is 16.3 Å². The molecule has 0 amide bonds. The zero-order valence-corrected chi connectivity index (χ0v) is 9.80. The predicted molar refractivity (Wildman–Crippen MR) is 62.4 cm³/mol. The molecule has 0 heterocycles. The SMILES string of the molecule is CCOCC(O)CNc1cc(F)cc(Cl)c1. The smallest absolute Gasteiger partial charge is 0.126 e. The standard InChI is InChI=1S/C11H15ClFNO2/c1-2-16-7-11(15)6-14-10-4-8(12)3-9(13)5-10/h3-5,11,14-15H,2,6-7H2,1H3. The van der Waals surface area contributed by atoms with Crippen molar-refractivity contribution >= 4 is 17.3 Å². The fraction of sp³-hybridized carbons (Fsp3) is 0.455. The van der Waals surface area contributed by atoms with Crippen molar-refractivity contribution in [2.24, 2.45) is 0 Å². The van der Waals surface area contributed by atoms with Gasteiger partial charge >= 0.3 is 0 Å². The third kappa shape index (κ3) is 4.79. The first kappa shape index (κ1) is 13.2. The van der Waals surface area contributed by atoms with Crippen molar-refractivity contribution in [3.63, 3.8) is 0 Å². The number of hydrogen-bond donors (Lipinski definition) is 2. The van der Waals surface area contributed by atoms with Crippen molar-refractivity contribution < 1.29 is 14.2 Å². The van der Waals surface area contributed by atoms with E-state index in [1.165, 1.54) is 12.1 Å². The molecule has 16 heavy (non-hydrogen) atoms. The van der Waals surface area contributed by atoms with Crippen LogP contribution in [0.4, 0.5) is 10.1 Å². The molecule has 0 saturated carbocycles. The van der Waals surface area contributed by atoms with Crippen LogP contribution in [0, 0.1) is 5.82 Å². The number of aliphatic hydroxyl groups excluding tert-OH is 1. The Morgan fingerprint density at radius 3 is 2.88 bits per heavy atom. The first-order valence-corrected chi connectivity index (χ1v) is 5.45. The summed E-state index contributed by atoms with van der Waals surface area (Å²) < 4.78 is 18.0. The number of hydrogen-bond acceptors (Lipinski definition) is 3. The fourth-order valence-electron chi connectivity index (χ4n) is 1.20. The van der Waals surface area contributed by atoms with Gasteiger partial charge in [-0.15, -0.1) is 0 Å². The van der Waals surface area contributed by atoms with E-state index >= 15 is 0 Å². The van der Waals surface area contributed by atoms with Gasteiger partial charge in [-0.05, 0) is 25.1 Å². The van der Waals surface area contributed by atoms with E-state index in [2.05, 4.69) is 5.32 Å². The van der Waals surface area contributed by atoms with Crippen LogP contribution in [0.2, 0.25) is 5.02 Å². The Labute approximate surface area is 99.2 Å². The van der Waals surface area contributed by atoms with Crippen molar-refractivity contribution in [3.05, 3.63) is 29.0 Å². The second-order valence-electron chi connectivity index (χ2n) is 3.35. The molecule has 1 atom stereocenters. The normalized spacial score (nSPS) is 12.5. The molecule has 0 radical (unpaired) electrons. The van der Waals surface area contributed by atoms with Gasteiger partial charge in [0.05, 0.1) is 12.7 Å². The molecule has 2 N–H and O–H groups in total. The molecule has 0 aliphatic rings. The van der Waals surface area contributed by atoms with Crippen LogP contribution in [-0.4, -0.2) is 31.0 Å². The Kier molecular flexibility index (Phi) is 5.52. The number of nitrogens with one attached hydrogen (secondary N) is 1. The molecule has 0 spiro atoms. The molecule has 0 aliphatic carbocycles. The van der Waals surface area contributed by atoms with Crippen molar-refractivity contribution in [3.8, 4) is 0 Å². The van der Waals surface area contributed by atoms with Crippen LogP contribution in [0.5, 0.6) is 0 Å². The summed E-state index contributed by atoms with van der Waals surface area (Å²) in [7, 11) is 0. The van der Waals surface area contributed by atoms with Crippen LogP contribution >= 0.6 is 11.6 Å². The van der Waals surface area contributed by atoms with Crippen LogP contribution in [0.3, 0.4) is 0 Å². The van der Waals surface area contributed by atoms with E-state index < -0.39 is 11.9 Å². The molecule has 90 valence electrons. The molecule has 0 bridgehead atoms. The Bertz CT molecular complexity index is 316. The van der Waals surface area contributed by atoms with Crippen molar-refractivity contribution in [2.45, 2.75) is 13.0 Å². The molecule has 1 aromatic carbocycles. The molecule has 1 unspecified atom stereocenters. The topological polar surface area (TPSA) is 41.5 Å². The lowest BCUT2D eigenvalue weighted by Gasteiger charge is -2.12. The average molecular weight is 248 g/mol. The maximum Gasteiger partial charge on any atom is 0.126 e. The average Bonchev–Trinajstić information content (AvgIpc) is 2.22. The molecule has 0 fully saturated rings. The van der Waals surface area contributed by atoms with Crippen LogP contribution in [0.1, 0.15) is 6.92 Å². The van der Waals surface area contributed by atoms with Crippen LogP contribution in [0.15, 0.2) is 18.2 Å². The number of ether oxygens (including phenoxy) is 1. The predicted octanol–water partition coefficient (Wildman–Crippen LogP) is 2.29. The minimum Gasteiger partial charge on any atom is -0.389 e. The Morgan fingerprint density at radius 2 is 2.25 bits per heavy atom. The number of halogens is 2. The van der Waals surface area contributed by atoms with Gasteiger partial charge in [-0.2, -0.15) is 0 Å². The van der Waals surface area contributed by atoms with Gasteiger partial charge < -0.3 is 15.2 Å². The van der Waals surface area contributed by atoms with Crippen LogP contribution in [0.25, 0.3) is 0 Å². The molecule has 1 rings (SSSR count). The van der Waals surface area contributed by atoms with Crippen LogP contribution < -0.4 is 5.32 Å². The number of anilines is 1. The van der Waals surface area contributed by atoms with Gasteiger partial charge in [-0.3, -0.25) is 0 Å². The van der Waals surface area contributed by atoms with E-state index in [1.54, 1.807) is 6.07 Å². The highest BCUT2D eigenvalue weighted by Gasteiger charge is 2.04. The van der Waals surface area contributed by atoms with E-state index in [0.29, 0.717) is 23.9 Å². The molecule has 1 aromatic rings. The minimum atomic E-state index is -0.623. The third-order valence-corrected chi connectivity index (χ3v) is 2.14. The number of aliphatic hydroxyl groups is 1. The van der Waals surface area contributed by atoms with Gasteiger partial charge in [-0.1, -0.05) is 11.6 Å². The van der Waals surface area contributed by atoms with Crippen molar-refractivity contribution in [2.75, 3.05) is 25.1 Å². The molecule has 3 nitrogen and oxygen atoms in total. The lowest BCUT2D eigenvalue weighted by molar-refractivity contribution is 0.0496. The highest BCUT2D eigenvalue weighted by Crippen LogP contribution is 2.17. The summed E-state index contributed by atoms with van der Waals surface area (Å²) in [6.07, 6.45) is -0.623. The minimum absolute atomic E-state index is 0.256. The zero-order valence-electron chi connectivity index (χ0n) is 9.04. The second-order valence-corrected chi connectivity index (χ2v) is 3.79. The van der Waals surface area contributed by atoms with Gasteiger partial charge in [-0.25, -0.2) is 4.39 Å². The Balaban J connectivity index is 2.41. The summed E-state index contributed by atoms with van der Waals surface area (Å²) in [5, 5.41) is 12.7. The van der Waals surface area contributed by atoms with E-state index in [1.807, 2.05) is 6.92 Å². The van der Waals surface area contributed by atoms with E-state index in [-0.39, 0.29) is 6.61 Å². The number of rotatable bonds is 6. The fourth-order valence-corrected chi connectivity index (χ4v) is 1.43. The molecule has 0 aliphatic heterocycles. The van der Waals surface area contributed by atoms with Gasteiger partial charge in [0.15, 0.2) is 0 Å². The largest absolute Gasteiger partial charge is 0.389 e. The van der Waals surface area contributed by atoms with Gasteiger partial charge in [0.25, 0.3) is 0 Å². The lowest BCUT2D eigenvalue weighted by atomic mass is 10.3. The van der Waals surface area contributed by atoms with Crippen molar-refractivity contribution in [1.29, 1.82) is 0 Å². The first-order chi connectivity index (χ1) is 7.61. The third-order valence-electron chi connectivity index (χ3n) is 1.92. The molecular formula is C11H15ClFNO2. The second kappa shape index (κ2) is 6.68.